The summed E-state index contributed by atoms with van der Waals surface area (Å²) in [5.41, 5.74) is 4.66. The molecule has 1 saturated heterocycles. The number of allylic oxidation sites excluding steroid dienone is 4. The van der Waals surface area contributed by atoms with Gasteiger partial charge in [0, 0.05) is 61.1 Å². The van der Waals surface area contributed by atoms with E-state index in [4.69, 9.17) is 4.74 Å². The van der Waals surface area contributed by atoms with E-state index in [2.05, 4.69) is 22.1 Å². The predicted molar refractivity (Wildman–Crippen MR) is 135 cm³/mol. The molecule has 9 heteroatoms. The molecule has 0 aromatic carbocycles. The molecule has 0 aliphatic carbocycles. The minimum atomic E-state index is -0.226. The van der Waals surface area contributed by atoms with Crippen molar-refractivity contribution in [3.8, 4) is 0 Å². The zero-order valence-corrected chi connectivity index (χ0v) is 20.9. The second-order valence-electron chi connectivity index (χ2n) is 8.77. The number of pyridine rings is 1. The maximum absolute atomic E-state index is 12.9. The fraction of sp³-hybridized carbons (Fsp3) is 0.440. The minimum absolute atomic E-state index is 0.0686. The molecule has 3 rings (SSSR count). The first-order chi connectivity index (χ1) is 16.1. The third-order valence-electron chi connectivity index (χ3n) is 5.82. The topological polar surface area (TPSA) is 93.8 Å². The molecule has 0 bridgehead atoms. The zero-order chi connectivity index (χ0) is 25.0. The Morgan fingerprint density at radius 3 is 2.53 bits per heavy atom. The van der Waals surface area contributed by atoms with Crippen molar-refractivity contribution in [1.82, 2.24) is 19.7 Å². The maximum atomic E-state index is 12.9. The van der Waals surface area contributed by atoms with Crippen molar-refractivity contribution < 1.29 is 9.53 Å². The lowest BCUT2D eigenvalue weighted by molar-refractivity contribution is 0.0965. The van der Waals surface area contributed by atoms with Gasteiger partial charge in [-0.05, 0) is 53.5 Å². The lowest BCUT2D eigenvalue weighted by Gasteiger charge is -2.29. The van der Waals surface area contributed by atoms with Crippen molar-refractivity contribution >= 4 is 23.9 Å². The van der Waals surface area contributed by atoms with Gasteiger partial charge in [0.25, 0.3) is 11.5 Å². The number of hydrogen-bond acceptors (Lipinski definition) is 6. The van der Waals surface area contributed by atoms with Crippen LogP contribution in [0, 0.1) is 6.92 Å². The van der Waals surface area contributed by atoms with Gasteiger partial charge >= 0.3 is 0 Å². The van der Waals surface area contributed by atoms with Crippen LogP contribution in [0.1, 0.15) is 55.4 Å². The van der Waals surface area contributed by atoms with Gasteiger partial charge in [0.2, 0.25) is 0 Å². The van der Waals surface area contributed by atoms with E-state index < -0.39 is 0 Å². The van der Waals surface area contributed by atoms with Crippen molar-refractivity contribution in [3.05, 3.63) is 63.1 Å². The number of hydrogen-bond donors (Lipinski definition) is 1. The van der Waals surface area contributed by atoms with Gasteiger partial charge in [-0.15, -0.1) is 0 Å². The second kappa shape index (κ2) is 10.6. The van der Waals surface area contributed by atoms with Gasteiger partial charge in [0.1, 0.15) is 5.69 Å². The summed E-state index contributed by atoms with van der Waals surface area (Å²) < 4.78 is 8.78. The zero-order valence-electron chi connectivity index (χ0n) is 20.9. The van der Waals surface area contributed by atoms with Gasteiger partial charge in [0.15, 0.2) is 0 Å². The van der Waals surface area contributed by atoms with Crippen LogP contribution >= 0.6 is 0 Å². The number of morpholine rings is 1. The molecule has 2 aromatic rings. The largest absolute Gasteiger partial charge is 0.378 e. The number of ether oxygens (including phenoxy) is 1. The number of carbonyl (C=O) groups excluding carboxylic acids is 1. The van der Waals surface area contributed by atoms with E-state index in [1.807, 2.05) is 51.7 Å². The van der Waals surface area contributed by atoms with Gasteiger partial charge < -0.3 is 19.5 Å². The normalized spacial score (nSPS) is 15.4. The summed E-state index contributed by atoms with van der Waals surface area (Å²) in [6.07, 6.45) is 5.39. The summed E-state index contributed by atoms with van der Waals surface area (Å²) in [5.74, 6) is -0.226. The number of nitrogens with one attached hydrogen (secondary N) is 1. The lowest BCUT2D eigenvalue weighted by atomic mass is 10.0. The summed E-state index contributed by atoms with van der Waals surface area (Å²) in [6.45, 7) is 15.7. The Labute approximate surface area is 200 Å². The first-order valence-corrected chi connectivity index (χ1v) is 11.4. The molecular weight excluding hydrogens is 432 g/mol. The van der Waals surface area contributed by atoms with Gasteiger partial charge in [-0.1, -0.05) is 0 Å². The second-order valence-corrected chi connectivity index (χ2v) is 8.77. The number of rotatable bonds is 7. The Hall–Kier alpha value is -3.46. The highest BCUT2D eigenvalue weighted by atomic mass is 16.5. The van der Waals surface area contributed by atoms with E-state index in [0.717, 1.165) is 11.1 Å². The molecule has 0 atom stereocenters. The van der Waals surface area contributed by atoms with Crippen molar-refractivity contribution in [1.29, 1.82) is 0 Å². The van der Waals surface area contributed by atoms with Crippen molar-refractivity contribution in [3.63, 3.8) is 0 Å². The molecule has 1 amide bonds. The average Bonchev–Trinajstić information content (AvgIpc) is 3.21. The SMILES string of the molecule is C=N/C(C)=C(\C=C(/C)NC(=O)c1cn(C(C)C)nc1C)c1cc(N2CCOCC2)c(=O)n(C)c1. The summed E-state index contributed by atoms with van der Waals surface area (Å²) in [7, 11) is 1.73. The smallest absolute Gasteiger partial charge is 0.273 e. The molecule has 0 spiro atoms. The fourth-order valence-electron chi connectivity index (χ4n) is 3.82. The van der Waals surface area contributed by atoms with Crippen LogP contribution in [-0.4, -0.2) is 53.3 Å². The number of amides is 1. The Morgan fingerprint density at radius 1 is 1.26 bits per heavy atom. The Morgan fingerprint density at radius 2 is 1.94 bits per heavy atom. The van der Waals surface area contributed by atoms with Gasteiger partial charge in [-0.25, -0.2) is 0 Å². The molecular formula is C25H34N6O3. The molecule has 1 fully saturated rings. The molecule has 9 nitrogen and oxygen atoms in total. The van der Waals surface area contributed by atoms with Crippen LogP contribution in [0.3, 0.4) is 0 Å². The first kappa shape index (κ1) is 25.2. The van der Waals surface area contributed by atoms with E-state index in [1.54, 1.807) is 28.7 Å². The van der Waals surface area contributed by atoms with E-state index in [0.29, 0.717) is 54.6 Å². The molecule has 0 radical (unpaired) electrons. The fourth-order valence-corrected chi connectivity index (χ4v) is 3.82. The van der Waals surface area contributed by atoms with Crippen LogP contribution in [0.5, 0.6) is 0 Å². The molecule has 1 aliphatic heterocycles. The van der Waals surface area contributed by atoms with Crippen LogP contribution in [0.15, 0.2) is 45.7 Å². The van der Waals surface area contributed by atoms with Crippen molar-refractivity contribution in [2.45, 2.75) is 40.7 Å². The quantitative estimate of drug-likeness (QED) is 0.500. The van der Waals surface area contributed by atoms with E-state index in [9.17, 15) is 9.59 Å². The molecule has 3 heterocycles. The number of aliphatic imine (C=N–C) groups is 1. The minimum Gasteiger partial charge on any atom is -0.378 e. The van der Waals surface area contributed by atoms with Gasteiger partial charge in [-0.2, -0.15) is 5.10 Å². The number of carbonyl (C=O) groups is 1. The molecule has 34 heavy (non-hydrogen) atoms. The summed E-state index contributed by atoms with van der Waals surface area (Å²) >= 11 is 0. The Bertz CT molecular complexity index is 1200. The monoisotopic (exact) mass is 466 g/mol. The van der Waals surface area contributed by atoms with Crippen molar-refractivity contribution in [2.24, 2.45) is 12.0 Å². The average molecular weight is 467 g/mol. The van der Waals surface area contributed by atoms with Crippen LogP contribution in [-0.2, 0) is 11.8 Å². The molecule has 0 saturated carbocycles. The van der Waals surface area contributed by atoms with Gasteiger partial charge in [0.05, 0.1) is 24.5 Å². The highest BCUT2D eigenvalue weighted by molar-refractivity contribution is 5.96. The van der Waals surface area contributed by atoms with Crippen molar-refractivity contribution in [2.75, 3.05) is 31.2 Å². The van der Waals surface area contributed by atoms with Gasteiger partial charge in [-0.3, -0.25) is 19.3 Å². The van der Waals surface area contributed by atoms with E-state index in [1.165, 1.54) is 0 Å². The van der Waals surface area contributed by atoms with Crippen LogP contribution in [0.25, 0.3) is 5.57 Å². The summed E-state index contributed by atoms with van der Waals surface area (Å²) in [4.78, 5) is 31.9. The number of nitrogens with zero attached hydrogens (tertiary/aromatic N) is 5. The predicted octanol–water partition coefficient (Wildman–Crippen LogP) is 3.07. The van der Waals surface area contributed by atoms with Crippen LogP contribution in [0.2, 0.25) is 0 Å². The lowest BCUT2D eigenvalue weighted by Crippen LogP contribution is -2.40. The first-order valence-electron chi connectivity index (χ1n) is 11.4. The molecule has 0 unspecified atom stereocenters. The molecule has 2 aromatic heterocycles. The highest BCUT2D eigenvalue weighted by Gasteiger charge is 2.18. The maximum Gasteiger partial charge on any atom is 0.273 e. The molecule has 182 valence electrons. The van der Waals surface area contributed by atoms with Crippen LogP contribution < -0.4 is 15.8 Å². The number of aromatic nitrogens is 3. The molecule has 1 aliphatic rings. The summed E-state index contributed by atoms with van der Waals surface area (Å²) in [6, 6.07) is 2.04. The summed E-state index contributed by atoms with van der Waals surface area (Å²) in [5, 5.41) is 7.37. The Kier molecular flexibility index (Phi) is 7.88. The Balaban J connectivity index is 1.95. The highest BCUT2D eigenvalue weighted by Crippen LogP contribution is 2.25. The third-order valence-corrected chi connectivity index (χ3v) is 5.82. The number of anilines is 1. The third kappa shape index (κ3) is 5.53. The van der Waals surface area contributed by atoms with E-state index >= 15 is 0 Å². The number of aryl methyl sites for hydroxylation is 2. The van der Waals surface area contributed by atoms with E-state index in [-0.39, 0.29) is 17.5 Å². The molecule has 1 N–H and O–H groups in total. The standard InChI is InChI=1S/C25H34N6O3/c1-16(2)31-15-22(19(5)28-31)24(32)27-17(3)12-21(18(4)26-6)20-13-23(25(33)29(7)14-20)30-8-10-34-11-9-30/h12-16H,6,8-11H2,1-5,7H3,(H,27,32)/b17-12+,21-18+. The van der Waals surface area contributed by atoms with Crippen LogP contribution in [0.4, 0.5) is 5.69 Å².